The molecule has 2 unspecified atom stereocenters. The number of hydrogen-bond donors (Lipinski definition) is 1. The van der Waals surface area contributed by atoms with Crippen molar-refractivity contribution in [2.75, 3.05) is 45.2 Å². The van der Waals surface area contributed by atoms with E-state index < -0.39 is 0 Å². The topological polar surface area (TPSA) is 90.2 Å². The minimum absolute atomic E-state index is 0.182. The Hall–Kier alpha value is -3.14. The Labute approximate surface area is 224 Å². The number of fused-ring (bicyclic) bond motifs is 1. The molecule has 3 aromatic rings. The SMILES string of the molecule is CC(CNc1cc(-c2cnc3c(cnn3C3CCN(C)CC3)c2)ncn1)C1=CC=CCC1(C)OC1COC1. The molecule has 6 rings (SSSR count). The number of nitrogens with one attached hydrogen (secondary N) is 1. The first-order chi connectivity index (χ1) is 18.5. The Morgan fingerprint density at radius 2 is 2.00 bits per heavy atom. The molecule has 9 heteroatoms. The molecule has 0 bridgehead atoms. The highest BCUT2D eigenvalue weighted by Gasteiger charge is 2.37. The molecule has 5 heterocycles. The number of aromatic nitrogens is 5. The van der Waals surface area contributed by atoms with E-state index in [9.17, 15) is 0 Å². The predicted octanol–water partition coefficient (Wildman–Crippen LogP) is 4.26. The van der Waals surface area contributed by atoms with Gasteiger partial charge in [-0.25, -0.2) is 19.6 Å². The van der Waals surface area contributed by atoms with Crippen LogP contribution in [-0.4, -0.2) is 81.2 Å². The Balaban J connectivity index is 1.14. The molecule has 1 aliphatic carbocycles. The van der Waals surface area contributed by atoms with Crippen LogP contribution in [0.5, 0.6) is 0 Å². The van der Waals surface area contributed by atoms with Gasteiger partial charge in [-0.3, -0.25) is 0 Å². The second-order valence-electron chi connectivity index (χ2n) is 11.1. The fraction of sp³-hybridized carbons (Fsp3) is 0.517. The van der Waals surface area contributed by atoms with E-state index in [4.69, 9.17) is 19.6 Å². The van der Waals surface area contributed by atoms with Crippen LogP contribution in [0.15, 0.2) is 54.7 Å². The minimum atomic E-state index is -0.305. The van der Waals surface area contributed by atoms with E-state index in [-0.39, 0.29) is 17.6 Å². The molecule has 200 valence electrons. The molecule has 0 amide bonds. The van der Waals surface area contributed by atoms with Crippen LogP contribution in [0.2, 0.25) is 0 Å². The molecule has 38 heavy (non-hydrogen) atoms. The molecule has 1 N–H and O–H groups in total. The molecular weight excluding hydrogens is 478 g/mol. The van der Waals surface area contributed by atoms with Crippen LogP contribution >= 0.6 is 0 Å². The zero-order valence-electron chi connectivity index (χ0n) is 22.5. The summed E-state index contributed by atoms with van der Waals surface area (Å²) in [5.41, 5.74) is 3.74. The average Bonchev–Trinajstić information content (AvgIpc) is 3.34. The molecule has 2 saturated heterocycles. The Bertz CT molecular complexity index is 1340. The van der Waals surface area contributed by atoms with Gasteiger partial charge in [0, 0.05) is 29.8 Å². The third-order valence-corrected chi connectivity index (χ3v) is 8.11. The highest BCUT2D eigenvalue weighted by Crippen LogP contribution is 2.36. The molecule has 0 aromatic carbocycles. The maximum absolute atomic E-state index is 6.44. The van der Waals surface area contributed by atoms with Crippen molar-refractivity contribution >= 4 is 16.9 Å². The number of nitrogens with zero attached hydrogens (tertiary/aromatic N) is 6. The van der Waals surface area contributed by atoms with E-state index in [1.54, 1.807) is 6.33 Å². The Morgan fingerprint density at radius 3 is 2.79 bits per heavy atom. The van der Waals surface area contributed by atoms with Gasteiger partial charge in [0.15, 0.2) is 5.65 Å². The lowest BCUT2D eigenvalue weighted by Crippen LogP contribution is -2.46. The van der Waals surface area contributed by atoms with Gasteiger partial charge in [-0.15, -0.1) is 0 Å². The molecule has 2 aliphatic heterocycles. The van der Waals surface area contributed by atoms with Crippen molar-refractivity contribution in [1.29, 1.82) is 0 Å². The molecule has 9 nitrogen and oxygen atoms in total. The lowest BCUT2D eigenvalue weighted by Gasteiger charge is -2.41. The largest absolute Gasteiger partial charge is 0.376 e. The second kappa shape index (κ2) is 10.6. The summed E-state index contributed by atoms with van der Waals surface area (Å²) in [6.07, 6.45) is 15.2. The highest BCUT2D eigenvalue weighted by atomic mass is 16.6. The summed E-state index contributed by atoms with van der Waals surface area (Å²) < 4.78 is 13.9. The number of likely N-dealkylation sites (tertiary alicyclic amines) is 1. The first-order valence-corrected chi connectivity index (χ1v) is 13.7. The van der Waals surface area contributed by atoms with Gasteiger partial charge in [-0.2, -0.15) is 5.10 Å². The fourth-order valence-corrected chi connectivity index (χ4v) is 5.78. The van der Waals surface area contributed by atoms with Gasteiger partial charge in [0.1, 0.15) is 18.2 Å². The summed E-state index contributed by atoms with van der Waals surface area (Å²) in [7, 11) is 2.18. The van der Waals surface area contributed by atoms with Crippen LogP contribution in [0.3, 0.4) is 0 Å². The molecule has 0 radical (unpaired) electrons. The monoisotopic (exact) mass is 515 g/mol. The Kier molecular flexibility index (Phi) is 6.99. The molecule has 3 aromatic heterocycles. The van der Waals surface area contributed by atoms with Gasteiger partial charge in [0.05, 0.1) is 36.7 Å². The molecule has 0 saturated carbocycles. The quantitative estimate of drug-likeness (QED) is 0.476. The highest BCUT2D eigenvalue weighted by molar-refractivity contribution is 5.80. The van der Waals surface area contributed by atoms with E-state index in [2.05, 4.69) is 70.1 Å². The summed E-state index contributed by atoms with van der Waals surface area (Å²) >= 11 is 0. The Morgan fingerprint density at radius 1 is 1.16 bits per heavy atom. The number of allylic oxidation sites excluding steroid dienone is 2. The van der Waals surface area contributed by atoms with Crippen LogP contribution in [0.25, 0.3) is 22.3 Å². The van der Waals surface area contributed by atoms with Crippen molar-refractivity contribution in [3.05, 3.63) is 54.7 Å². The maximum Gasteiger partial charge on any atom is 0.158 e. The molecule has 2 fully saturated rings. The second-order valence-corrected chi connectivity index (χ2v) is 11.1. The summed E-state index contributed by atoms with van der Waals surface area (Å²) in [6.45, 7) is 8.73. The number of piperidine rings is 1. The number of rotatable bonds is 8. The number of ether oxygens (including phenoxy) is 2. The summed E-state index contributed by atoms with van der Waals surface area (Å²) in [4.78, 5) is 16.2. The number of pyridine rings is 1. The number of hydrogen-bond acceptors (Lipinski definition) is 8. The van der Waals surface area contributed by atoms with E-state index in [1.165, 1.54) is 5.57 Å². The van der Waals surface area contributed by atoms with Gasteiger partial charge in [0.25, 0.3) is 0 Å². The van der Waals surface area contributed by atoms with Crippen molar-refractivity contribution in [1.82, 2.24) is 29.6 Å². The van der Waals surface area contributed by atoms with Crippen LogP contribution in [0, 0.1) is 5.92 Å². The van der Waals surface area contributed by atoms with E-state index >= 15 is 0 Å². The van der Waals surface area contributed by atoms with Gasteiger partial charge in [0.2, 0.25) is 0 Å². The first kappa shape index (κ1) is 25.2. The van der Waals surface area contributed by atoms with Crippen molar-refractivity contribution in [3.8, 4) is 11.3 Å². The van der Waals surface area contributed by atoms with E-state index in [0.29, 0.717) is 19.3 Å². The third-order valence-electron chi connectivity index (χ3n) is 8.11. The standard InChI is InChI=1S/C29H37N7O2/c1-20(25-6-4-5-9-29(25,2)38-24-17-37-18-24)14-30-27-13-26(32-19-33-27)21-12-22-16-34-36(28(22)31-15-21)23-7-10-35(3)11-8-23/h4-6,12-13,15-16,19-20,23-24H,7-11,14,17-18H2,1-3H3,(H,30,32,33). The van der Waals surface area contributed by atoms with E-state index in [0.717, 1.165) is 67.0 Å². The molecular formula is C29H37N7O2. The normalized spacial score (nSPS) is 23.8. The van der Waals surface area contributed by atoms with Crippen molar-refractivity contribution in [2.24, 2.45) is 5.92 Å². The van der Waals surface area contributed by atoms with Crippen molar-refractivity contribution in [3.63, 3.8) is 0 Å². The van der Waals surface area contributed by atoms with Crippen LogP contribution < -0.4 is 5.32 Å². The zero-order valence-corrected chi connectivity index (χ0v) is 22.5. The van der Waals surface area contributed by atoms with Gasteiger partial charge in [-0.1, -0.05) is 25.2 Å². The summed E-state index contributed by atoms with van der Waals surface area (Å²) in [5, 5.41) is 9.25. The van der Waals surface area contributed by atoms with Crippen molar-refractivity contribution in [2.45, 2.75) is 50.9 Å². The molecule has 0 spiro atoms. The van der Waals surface area contributed by atoms with Crippen molar-refractivity contribution < 1.29 is 9.47 Å². The lowest BCUT2D eigenvalue weighted by atomic mass is 9.80. The van der Waals surface area contributed by atoms with Crippen LogP contribution in [0.4, 0.5) is 5.82 Å². The third kappa shape index (κ3) is 5.10. The summed E-state index contributed by atoms with van der Waals surface area (Å²) in [6, 6.07) is 4.53. The predicted molar refractivity (Wildman–Crippen MR) is 148 cm³/mol. The molecule has 2 atom stereocenters. The van der Waals surface area contributed by atoms with E-state index in [1.807, 2.05) is 18.5 Å². The average molecular weight is 516 g/mol. The maximum atomic E-state index is 6.44. The van der Waals surface area contributed by atoms with Gasteiger partial charge in [-0.05, 0) is 63.9 Å². The first-order valence-electron chi connectivity index (χ1n) is 13.7. The van der Waals surface area contributed by atoms with Gasteiger partial charge < -0.3 is 19.7 Å². The number of anilines is 1. The minimum Gasteiger partial charge on any atom is -0.376 e. The van der Waals surface area contributed by atoms with Gasteiger partial charge >= 0.3 is 0 Å². The van der Waals surface area contributed by atoms with Crippen LogP contribution in [0.1, 0.15) is 39.2 Å². The fourth-order valence-electron chi connectivity index (χ4n) is 5.78. The molecule has 3 aliphatic rings. The zero-order chi connectivity index (χ0) is 26.1. The smallest absolute Gasteiger partial charge is 0.158 e. The van der Waals surface area contributed by atoms with Crippen LogP contribution in [-0.2, 0) is 9.47 Å². The summed E-state index contributed by atoms with van der Waals surface area (Å²) in [5.74, 6) is 1.07. The lowest BCUT2D eigenvalue weighted by molar-refractivity contribution is -0.177.